The van der Waals surface area contributed by atoms with E-state index in [-0.39, 0.29) is 24.2 Å². The molecule has 1 aromatic carbocycles. The molecule has 0 spiro atoms. The maximum atomic E-state index is 12.6. The molecule has 0 saturated carbocycles. The summed E-state index contributed by atoms with van der Waals surface area (Å²) >= 11 is 0. The predicted molar refractivity (Wildman–Crippen MR) is 96.7 cm³/mol. The SMILES string of the molecule is CNCCCNC(=O)C1CCN(c2ccc3c(c2)OCCO3)C1=O.Cl. The number of amides is 2. The summed E-state index contributed by atoms with van der Waals surface area (Å²) in [6.45, 7) is 2.98. The maximum absolute atomic E-state index is 12.6. The van der Waals surface area contributed by atoms with Crippen LogP contribution >= 0.6 is 12.4 Å². The number of ether oxygens (including phenoxy) is 2. The Kier molecular flexibility index (Phi) is 6.90. The van der Waals surface area contributed by atoms with E-state index in [1.165, 1.54) is 0 Å². The average Bonchev–Trinajstić information content (AvgIpc) is 2.99. The van der Waals surface area contributed by atoms with Crippen LogP contribution in [0.1, 0.15) is 12.8 Å². The minimum absolute atomic E-state index is 0. The Morgan fingerprint density at radius 1 is 1.24 bits per heavy atom. The Bertz CT molecular complexity index is 626. The zero-order valence-corrected chi connectivity index (χ0v) is 15.1. The van der Waals surface area contributed by atoms with Crippen LogP contribution in [-0.2, 0) is 9.59 Å². The molecule has 0 aliphatic carbocycles. The Labute approximate surface area is 153 Å². The van der Waals surface area contributed by atoms with Crippen LogP contribution in [0.4, 0.5) is 5.69 Å². The Morgan fingerprint density at radius 2 is 2.00 bits per heavy atom. The first-order valence-corrected chi connectivity index (χ1v) is 8.34. The smallest absolute Gasteiger partial charge is 0.239 e. The van der Waals surface area contributed by atoms with E-state index in [0.29, 0.717) is 44.2 Å². The normalized spacial score (nSPS) is 18.7. The lowest BCUT2D eigenvalue weighted by Gasteiger charge is -2.22. The third-order valence-corrected chi connectivity index (χ3v) is 4.26. The largest absolute Gasteiger partial charge is 0.486 e. The number of nitrogens with zero attached hydrogens (tertiary/aromatic N) is 1. The molecular formula is C17H24ClN3O4. The molecule has 1 unspecified atom stereocenters. The van der Waals surface area contributed by atoms with Crippen LogP contribution in [0.15, 0.2) is 18.2 Å². The van der Waals surface area contributed by atoms with Crippen LogP contribution in [0.3, 0.4) is 0 Å². The van der Waals surface area contributed by atoms with E-state index in [9.17, 15) is 9.59 Å². The number of hydrogen-bond acceptors (Lipinski definition) is 5. The lowest BCUT2D eigenvalue weighted by molar-refractivity contribution is -0.132. The quantitative estimate of drug-likeness (QED) is 0.576. The second-order valence-corrected chi connectivity index (χ2v) is 5.91. The highest BCUT2D eigenvalue weighted by molar-refractivity contribution is 6.09. The van der Waals surface area contributed by atoms with Gasteiger partial charge < -0.3 is 25.0 Å². The van der Waals surface area contributed by atoms with Crippen molar-refractivity contribution in [1.29, 1.82) is 0 Å². The van der Waals surface area contributed by atoms with Crippen LogP contribution in [0.2, 0.25) is 0 Å². The summed E-state index contributed by atoms with van der Waals surface area (Å²) < 4.78 is 11.1. The van der Waals surface area contributed by atoms with E-state index in [1.54, 1.807) is 11.0 Å². The van der Waals surface area contributed by atoms with Crippen LogP contribution in [-0.4, -0.2) is 51.7 Å². The van der Waals surface area contributed by atoms with Crippen molar-refractivity contribution in [1.82, 2.24) is 10.6 Å². The van der Waals surface area contributed by atoms with Gasteiger partial charge in [-0.3, -0.25) is 9.59 Å². The molecule has 1 fully saturated rings. The fourth-order valence-corrected chi connectivity index (χ4v) is 2.98. The third-order valence-electron chi connectivity index (χ3n) is 4.26. The van der Waals surface area contributed by atoms with E-state index in [1.807, 2.05) is 19.2 Å². The number of nitrogens with one attached hydrogen (secondary N) is 2. The van der Waals surface area contributed by atoms with Crippen LogP contribution < -0.4 is 25.0 Å². The number of fused-ring (bicyclic) bond motifs is 1. The van der Waals surface area contributed by atoms with E-state index in [4.69, 9.17) is 9.47 Å². The van der Waals surface area contributed by atoms with Crippen molar-refractivity contribution in [2.75, 3.05) is 44.8 Å². The molecule has 2 N–H and O–H groups in total. The predicted octanol–water partition coefficient (Wildman–Crippen LogP) is 0.958. The molecule has 1 atom stereocenters. The van der Waals surface area contributed by atoms with Crippen LogP contribution in [0, 0.1) is 5.92 Å². The fourth-order valence-electron chi connectivity index (χ4n) is 2.98. The summed E-state index contributed by atoms with van der Waals surface area (Å²) in [4.78, 5) is 26.4. The molecule has 2 aliphatic heterocycles. The fraction of sp³-hybridized carbons (Fsp3) is 0.529. The van der Waals surface area contributed by atoms with Gasteiger partial charge in [-0.15, -0.1) is 12.4 Å². The molecule has 1 aromatic rings. The van der Waals surface area contributed by atoms with Gasteiger partial charge >= 0.3 is 0 Å². The van der Waals surface area contributed by atoms with Crippen molar-refractivity contribution in [2.24, 2.45) is 5.92 Å². The summed E-state index contributed by atoms with van der Waals surface area (Å²) in [6.07, 6.45) is 1.38. The van der Waals surface area contributed by atoms with E-state index in [2.05, 4.69) is 10.6 Å². The van der Waals surface area contributed by atoms with Gasteiger partial charge in [0.15, 0.2) is 11.5 Å². The second kappa shape index (κ2) is 8.92. The topological polar surface area (TPSA) is 79.9 Å². The first-order chi connectivity index (χ1) is 11.7. The van der Waals surface area contributed by atoms with Gasteiger partial charge in [-0.2, -0.15) is 0 Å². The van der Waals surface area contributed by atoms with Crippen molar-refractivity contribution >= 4 is 29.9 Å². The van der Waals surface area contributed by atoms with Crippen molar-refractivity contribution in [3.8, 4) is 11.5 Å². The molecule has 0 radical (unpaired) electrons. The monoisotopic (exact) mass is 369 g/mol. The summed E-state index contributed by atoms with van der Waals surface area (Å²) in [7, 11) is 1.87. The van der Waals surface area contributed by atoms with Gasteiger partial charge in [0.05, 0.1) is 0 Å². The molecule has 0 bridgehead atoms. The molecule has 2 amide bonds. The van der Waals surface area contributed by atoms with E-state index < -0.39 is 5.92 Å². The Hall–Kier alpha value is -1.99. The number of halogens is 1. The number of hydrogen-bond donors (Lipinski definition) is 2. The molecule has 7 nitrogen and oxygen atoms in total. The van der Waals surface area contributed by atoms with E-state index >= 15 is 0 Å². The summed E-state index contributed by atoms with van der Waals surface area (Å²) in [5.74, 6) is 0.392. The summed E-state index contributed by atoms with van der Waals surface area (Å²) in [5.41, 5.74) is 0.745. The molecule has 25 heavy (non-hydrogen) atoms. The van der Waals surface area contributed by atoms with Gasteiger partial charge in [-0.05, 0) is 38.6 Å². The lowest BCUT2D eigenvalue weighted by atomic mass is 10.1. The Balaban J connectivity index is 0.00000225. The summed E-state index contributed by atoms with van der Waals surface area (Å²) in [5, 5.41) is 5.87. The molecule has 138 valence electrons. The number of rotatable bonds is 6. The number of anilines is 1. The number of benzene rings is 1. The molecule has 2 aliphatic rings. The third kappa shape index (κ3) is 4.35. The van der Waals surface area contributed by atoms with Crippen molar-refractivity contribution < 1.29 is 19.1 Å². The zero-order valence-electron chi connectivity index (χ0n) is 14.2. The van der Waals surface area contributed by atoms with Gasteiger partial charge in [0, 0.05) is 24.8 Å². The average molecular weight is 370 g/mol. The molecule has 8 heteroatoms. The summed E-state index contributed by atoms with van der Waals surface area (Å²) in [6, 6.07) is 5.44. The number of carbonyl (C=O) groups is 2. The van der Waals surface area contributed by atoms with Gasteiger partial charge in [0.2, 0.25) is 11.8 Å². The maximum Gasteiger partial charge on any atom is 0.239 e. The van der Waals surface area contributed by atoms with Crippen LogP contribution in [0.5, 0.6) is 11.5 Å². The van der Waals surface area contributed by atoms with Crippen molar-refractivity contribution in [3.05, 3.63) is 18.2 Å². The highest BCUT2D eigenvalue weighted by Gasteiger charge is 2.37. The van der Waals surface area contributed by atoms with Crippen LogP contribution in [0.25, 0.3) is 0 Å². The van der Waals surface area contributed by atoms with Crippen molar-refractivity contribution in [3.63, 3.8) is 0 Å². The molecule has 3 rings (SSSR count). The minimum Gasteiger partial charge on any atom is -0.486 e. The van der Waals surface area contributed by atoms with E-state index in [0.717, 1.165) is 18.7 Å². The lowest BCUT2D eigenvalue weighted by Crippen LogP contribution is -2.37. The first kappa shape index (κ1) is 19.3. The Morgan fingerprint density at radius 3 is 2.76 bits per heavy atom. The van der Waals surface area contributed by atoms with Gasteiger partial charge in [0.25, 0.3) is 0 Å². The van der Waals surface area contributed by atoms with Gasteiger partial charge in [0.1, 0.15) is 19.1 Å². The highest BCUT2D eigenvalue weighted by atomic mass is 35.5. The molecule has 0 aromatic heterocycles. The van der Waals surface area contributed by atoms with Gasteiger partial charge in [-0.1, -0.05) is 0 Å². The standard InChI is InChI=1S/C17H23N3O4.ClH/c1-18-6-2-7-19-16(21)13-5-8-20(17(13)22)12-3-4-14-15(11-12)24-10-9-23-14;/h3-4,11,13,18H,2,5-10H2,1H3,(H,19,21);1H. The molecule has 1 saturated heterocycles. The molecular weight excluding hydrogens is 346 g/mol. The van der Waals surface area contributed by atoms with Crippen molar-refractivity contribution in [2.45, 2.75) is 12.8 Å². The zero-order chi connectivity index (χ0) is 16.9. The highest BCUT2D eigenvalue weighted by Crippen LogP contribution is 2.35. The second-order valence-electron chi connectivity index (χ2n) is 5.91. The van der Waals surface area contributed by atoms with Gasteiger partial charge in [-0.25, -0.2) is 0 Å². The minimum atomic E-state index is -0.604. The first-order valence-electron chi connectivity index (χ1n) is 8.34. The molecule has 2 heterocycles. The number of carbonyl (C=O) groups excluding carboxylic acids is 2.